The van der Waals surface area contributed by atoms with E-state index in [0.29, 0.717) is 24.7 Å². The van der Waals surface area contributed by atoms with Gasteiger partial charge in [-0.3, -0.25) is 0 Å². The lowest BCUT2D eigenvalue weighted by atomic mass is 10.4. The smallest absolute Gasteiger partial charge is 0.157 e. The molecule has 1 aliphatic rings. The van der Waals surface area contributed by atoms with Crippen LogP contribution in [0.2, 0.25) is 0 Å². The molecule has 0 radical (unpaired) electrons. The van der Waals surface area contributed by atoms with Crippen LogP contribution in [0.5, 0.6) is 0 Å². The highest BCUT2D eigenvalue weighted by molar-refractivity contribution is 5.75. The maximum Gasteiger partial charge on any atom is 0.157 e. The summed E-state index contributed by atoms with van der Waals surface area (Å²) < 4.78 is 4.98. The van der Waals surface area contributed by atoms with Crippen LogP contribution >= 0.6 is 0 Å². The van der Waals surface area contributed by atoms with Gasteiger partial charge >= 0.3 is 0 Å². The molecular weight excluding hydrogens is 218 g/mol. The van der Waals surface area contributed by atoms with Gasteiger partial charge in [0.05, 0.1) is 6.61 Å². The highest BCUT2D eigenvalue weighted by Gasteiger charge is 2.18. The number of anilines is 3. The molecule has 6 heteroatoms. The summed E-state index contributed by atoms with van der Waals surface area (Å²) in [6.45, 7) is 3.37. The molecule has 3 N–H and O–H groups in total. The standard InChI is InChI=1S/C11H19N5O/c1-17-7-4-13-10-9(12)11(15-8-14-10)16-5-2-3-6-16/h8H,2-7,12H2,1H3,(H,13,14,15). The predicted molar refractivity (Wildman–Crippen MR) is 68.3 cm³/mol. The predicted octanol–water partition coefficient (Wildman–Crippen LogP) is 0.717. The second-order valence-electron chi connectivity index (χ2n) is 4.07. The van der Waals surface area contributed by atoms with E-state index in [-0.39, 0.29) is 0 Å². The number of nitrogens with two attached hydrogens (primary N) is 1. The molecular formula is C11H19N5O. The Balaban J connectivity index is 2.09. The Morgan fingerprint density at radius 2 is 2.18 bits per heavy atom. The van der Waals surface area contributed by atoms with Crippen molar-refractivity contribution in [1.82, 2.24) is 9.97 Å². The molecule has 1 aromatic rings. The van der Waals surface area contributed by atoms with Crippen molar-refractivity contribution < 1.29 is 4.74 Å². The summed E-state index contributed by atoms with van der Waals surface area (Å²) >= 11 is 0. The monoisotopic (exact) mass is 237 g/mol. The number of methoxy groups -OCH3 is 1. The minimum atomic E-state index is 0.627. The van der Waals surface area contributed by atoms with Crippen LogP contribution in [0.4, 0.5) is 17.3 Å². The van der Waals surface area contributed by atoms with E-state index in [2.05, 4.69) is 20.2 Å². The van der Waals surface area contributed by atoms with Crippen LogP contribution in [-0.4, -0.2) is 43.3 Å². The van der Waals surface area contributed by atoms with Crippen LogP contribution in [0.15, 0.2) is 6.33 Å². The largest absolute Gasteiger partial charge is 0.393 e. The maximum absolute atomic E-state index is 6.08. The van der Waals surface area contributed by atoms with E-state index in [9.17, 15) is 0 Å². The van der Waals surface area contributed by atoms with Crippen molar-refractivity contribution in [3.05, 3.63) is 6.33 Å². The number of hydrogen-bond acceptors (Lipinski definition) is 6. The summed E-state index contributed by atoms with van der Waals surface area (Å²) in [4.78, 5) is 10.6. The Morgan fingerprint density at radius 3 is 2.88 bits per heavy atom. The van der Waals surface area contributed by atoms with Gasteiger partial charge in [-0.25, -0.2) is 9.97 Å². The molecule has 94 valence electrons. The average molecular weight is 237 g/mol. The van der Waals surface area contributed by atoms with Crippen molar-refractivity contribution in [2.24, 2.45) is 0 Å². The highest BCUT2D eigenvalue weighted by Crippen LogP contribution is 2.28. The zero-order valence-corrected chi connectivity index (χ0v) is 10.1. The molecule has 17 heavy (non-hydrogen) atoms. The molecule has 1 aromatic heterocycles. The van der Waals surface area contributed by atoms with Gasteiger partial charge < -0.3 is 20.7 Å². The normalized spacial score (nSPS) is 15.2. The first-order valence-electron chi connectivity index (χ1n) is 5.91. The third kappa shape index (κ3) is 2.76. The topological polar surface area (TPSA) is 76.3 Å². The minimum absolute atomic E-state index is 0.627. The molecule has 0 bridgehead atoms. The SMILES string of the molecule is COCCNc1ncnc(N2CCCC2)c1N. The molecule has 1 saturated heterocycles. The minimum Gasteiger partial charge on any atom is -0.393 e. The summed E-state index contributed by atoms with van der Waals surface area (Å²) in [7, 11) is 1.67. The Hall–Kier alpha value is -1.56. The summed E-state index contributed by atoms with van der Waals surface area (Å²) in [5, 5.41) is 3.15. The van der Waals surface area contributed by atoms with Crippen LogP contribution in [0.25, 0.3) is 0 Å². The molecule has 0 unspecified atom stereocenters. The Bertz CT molecular complexity index is 365. The number of nitrogen functional groups attached to an aromatic ring is 1. The second-order valence-corrected chi connectivity index (χ2v) is 4.07. The van der Waals surface area contributed by atoms with Gasteiger partial charge in [0.1, 0.15) is 12.0 Å². The van der Waals surface area contributed by atoms with E-state index in [1.165, 1.54) is 12.8 Å². The maximum atomic E-state index is 6.08. The van der Waals surface area contributed by atoms with Crippen LogP contribution < -0.4 is 16.0 Å². The average Bonchev–Trinajstić information content (AvgIpc) is 2.85. The van der Waals surface area contributed by atoms with Gasteiger partial charge in [0.15, 0.2) is 11.6 Å². The van der Waals surface area contributed by atoms with Crippen LogP contribution in [-0.2, 0) is 4.74 Å². The van der Waals surface area contributed by atoms with Crippen molar-refractivity contribution in [1.29, 1.82) is 0 Å². The summed E-state index contributed by atoms with van der Waals surface area (Å²) in [5.74, 6) is 1.54. The first kappa shape index (κ1) is 11.9. The fraction of sp³-hybridized carbons (Fsp3) is 0.636. The summed E-state index contributed by atoms with van der Waals surface area (Å²) in [6.07, 6.45) is 3.96. The third-order valence-electron chi connectivity index (χ3n) is 2.87. The lowest BCUT2D eigenvalue weighted by molar-refractivity contribution is 0.210. The van der Waals surface area contributed by atoms with E-state index in [1.54, 1.807) is 13.4 Å². The zero-order chi connectivity index (χ0) is 12.1. The van der Waals surface area contributed by atoms with Crippen LogP contribution in [0.1, 0.15) is 12.8 Å². The van der Waals surface area contributed by atoms with Gasteiger partial charge in [-0.15, -0.1) is 0 Å². The number of hydrogen-bond donors (Lipinski definition) is 2. The molecule has 0 amide bonds. The lowest BCUT2D eigenvalue weighted by Crippen LogP contribution is -2.22. The van der Waals surface area contributed by atoms with E-state index < -0.39 is 0 Å². The van der Waals surface area contributed by atoms with Gasteiger partial charge in [0.25, 0.3) is 0 Å². The van der Waals surface area contributed by atoms with E-state index in [4.69, 9.17) is 10.5 Å². The molecule has 0 saturated carbocycles. The van der Waals surface area contributed by atoms with Crippen molar-refractivity contribution in [2.45, 2.75) is 12.8 Å². The molecule has 1 aliphatic heterocycles. The Morgan fingerprint density at radius 1 is 1.41 bits per heavy atom. The summed E-state index contributed by atoms with van der Waals surface area (Å²) in [5.41, 5.74) is 6.71. The molecule has 0 aliphatic carbocycles. The molecule has 1 fully saturated rings. The fourth-order valence-electron chi connectivity index (χ4n) is 1.98. The lowest BCUT2D eigenvalue weighted by Gasteiger charge is -2.19. The number of nitrogens with one attached hydrogen (secondary N) is 1. The Kier molecular flexibility index (Phi) is 3.98. The molecule has 2 heterocycles. The molecule has 0 aromatic carbocycles. The van der Waals surface area contributed by atoms with Crippen molar-refractivity contribution in [2.75, 3.05) is 49.3 Å². The number of nitrogens with zero attached hydrogens (tertiary/aromatic N) is 3. The quantitative estimate of drug-likeness (QED) is 0.735. The van der Waals surface area contributed by atoms with E-state index >= 15 is 0 Å². The number of rotatable bonds is 5. The number of ether oxygens (including phenoxy) is 1. The van der Waals surface area contributed by atoms with E-state index in [1.807, 2.05) is 0 Å². The summed E-state index contributed by atoms with van der Waals surface area (Å²) in [6, 6.07) is 0. The molecule has 0 atom stereocenters. The third-order valence-corrected chi connectivity index (χ3v) is 2.87. The first-order valence-corrected chi connectivity index (χ1v) is 5.91. The van der Waals surface area contributed by atoms with Crippen molar-refractivity contribution in [3.63, 3.8) is 0 Å². The van der Waals surface area contributed by atoms with Gasteiger partial charge in [-0.05, 0) is 12.8 Å². The van der Waals surface area contributed by atoms with Crippen LogP contribution in [0.3, 0.4) is 0 Å². The molecule has 2 rings (SSSR count). The highest BCUT2D eigenvalue weighted by atomic mass is 16.5. The number of aromatic nitrogens is 2. The molecule has 6 nitrogen and oxygen atoms in total. The van der Waals surface area contributed by atoms with Gasteiger partial charge in [-0.1, -0.05) is 0 Å². The van der Waals surface area contributed by atoms with Crippen molar-refractivity contribution >= 4 is 17.3 Å². The zero-order valence-electron chi connectivity index (χ0n) is 10.1. The van der Waals surface area contributed by atoms with E-state index in [0.717, 1.165) is 18.9 Å². The Labute approximate surface area is 101 Å². The first-order chi connectivity index (χ1) is 8.33. The van der Waals surface area contributed by atoms with Gasteiger partial charge in [-0.2, -0.15) is 0 Å². The fourth-order valence-corrected chi connectivity index (χ4v) is 1.98. The van der Waals surface area contributed by atoms with Gasteiger partial charge in [0.2, 0.25) is 0 Å². The van der Waals surface area contributed by atoms with Gasteiger partial charge in [0, 0.05) is 26.7 Å². The van der Waals surface area contributed by atoms with Crippen LogP contribution in [0, 0.1) is 0 Å². The second kappa shape index (κ2) is 5.67. The van der Waals surface area contributed by atoms with Crippen molar-refractivity contribution in [3.8, 4) is 0 Å². The molecule has 0 spiro atoms.